The van der Waals surface area contributed by atoms with Crippen LogP contribution in [-0.2, 0) is 0 Å². The summed E-state index contributed by atoms with van der Waals surface area (Å²) >= 11 is 11.9. The number of hydrogen-bond acceptors (Lipinski definition) is 1. The molecule has 0 saturated heterocycles. The van der Waals surface area contributed by atoms with E-state index in [2.05, 4.69) is 0 Å². The first-order valence-corrected chi connectivity index (χ1v) is 6.20. The lowest BCUT2D eigenvalue weighted by Gasteiger charge is -2.16. The number of halogens is 3. The van der Waals surface area contributed by atoms with E-state index in [9.17, 15) is 4.39 Å². The maximum Gasteiger partial charge on any atom is 0.123 e. The predicted molar refractivity (Wildman–Crippen MR) is 73.6 cm³/mol. The van der Waals surface area contributed by atoms with E-state index >= 15 is 0 Å². The van der Waals surface area contributed by atoms with Crippen molar-refractivity contribution in [2.75, 3.05) is 0 Å². The maximum absolute atomic E-state index is 13.3. The minimum atomic E-state index is -0.447. The third-order valence-electron chi connectivity index (χ3n) is 2.82. The van der Waals surface area contributed by atoms with Gasteiger partial charge >= 0.3 is 0 Å². The van der Waals surface area contributed by atoms with E-state index < -0.39 is 6.04 Å². The third kappa shape index (κ3) is 2.83. The largest absolute Gasteiger partial charge is 0.320 e. The van der Waals surface area contributed by atoms with E-state index in [1.165, 1.54) is 12.1 Å². The number of aryl methyl sites for hydroxylation is 1. The summed E-state index contributed by atoms with van der Waals surface area (Å²) in [5.41, 5.74) is 8.57. The Morgan fingerprint density at radius 2 is 1.67 bits per heavy atom. The summed E-state index contributed by atoms with van der Waals surface area (Å²) in [6.07, 6.45) is 0. The predicted octanol–water partition coefficient (Wildman–Crippen LogP) is 4.49. The number of benzene rings is 2. The van der Waals surface area contributed by atoms with Gasteiger partial charge in [-0.15, -0.1) is 0 Å². The molecule has 2 rings (SSSR count). The molecule has 0 heterocycles. The number of hydrogen-bond donors (Lipinski definition) is 1. The Morgan fingerprint density at radius 1 is 1.06 bits per heavy atom. The second-order valence-corrected chi connectivity index (χ2v) is 5.05. The molecule has 0 spiro atoms. The van der Waals surface area contributed by atoms with E-state index in [1.807, 2.05) is 6.92 Å². The van der Waals surface area contributed by atoms with Crippen LogP contribution in [0.15, 0.2) is 36.4 Å². The molecule has 2 aromatic rings. The van der Waals surface area contributed by atoms with Crippen molar-refractivity contribution >= 4 is 23.2 Å². The molecule has 2 aromatic carbocycles. The molecule has 0 saturated carbocycles. The molecule has 0 radical (unpaired) electrons. The Balaban J connectivity index is 2.47. The Bertz CT molecular complexity index is 564. The summed E-state index contributed by atoms with van der Waals surface area (Å²) in [7, 11) is 0. The second kappa shape index (κ2) is 5.27. The molecule has 0 aliphatic heterocycles. The lowest BCUT2D eigenvalue weighted by Crippen LogP contribution is -2.13. The van der Waals surface area contributed by atoms with Crippen LogP contribution >= 0.6 is 23.2 Å². The molecule has 1 unspecified atom stereocenters. The lowest BCUT2D eigenvalue weighted by atomic mass is 9.96. The van der Waals surface area contributed by atoms with Crippen LogP contribution < -0.4 is 5.73 Å². The maximum atomic E-state index is 13.3. The van der Waals surface area contributed by atoms with Crippen molar-refractivity contribution in [1.29, 1.82) is 0 Å². The first-order valence-electron chi connectivity index (χ1n) is 5.45. The van der Waals surface area contributed by atoms with Crippen molar-refractivity contribution in [2.45, 2.75) is 13.0 Å². The topological polar surface area (TPSA) is 26.0 Å². The van der Waals surface area contributed by atoms with Crippen molar-refractivity contribution in [3.8, 4) is 0 Å². The zero-order chi connectivity index (χ0) is 13.3. The quantitative estimate of drug-likeness (QED) is 0.864. The first-order chi connectivity index (χ1) is 8.47. The fraction of sp³-hybridized carbons (Fsp3) is 0.143. The van der Waals surface area contributed by atoms with Gasteiger partial charge in [-0.1, -0.05) is 29.3 Å². The summed E-state index contributed by atoms with van der Waals surface area (Å²) < 4.78 is 13.3. The van der Waals surface area contributed by atoms with E-state index in [0.717, 1.165) is 16.7 Å². The summed E-state index contributed by atoms with van der Waals surface area (Å²) in [4.78, 5) is 0. The van der Waals surface area contributed by atoms with E-state index in [1.54, 1.807) is 24.3 Å². The Kier molecular flexibility index (Phi) is 3.91. The van der Waals surface area contributed by atoms with Crippen molar-refractivity contribution in [3.05, 3.63) is 69.0 Å². The van der Waals surface area contributed by atoms with Crippen LogP contribution in [0.2, 0.25) is 10.0 Å². The first kappa shape index (κ1) is 13.3. The lowest BCUT2D eigenvalue weighted by molar-refractivity contribution is 0.622. The van der Waals surface area contributed by atoms with Crippen LogP contribution in [0.25, 0.3) is 0 Å². The molecule has 0 aromatic heterocycles. The highest BCUT2D eigenvalue weighted by molar-refractivity contribution is 6.34. The molecule has 1 atom stereocenters. The minimum Gasteiger partial charge on any atom is -0.320 e. The van der Waals surface area contributed by atoms with Crippen molar-refractivity contribution in [1.82, 2.24) is 0 Å². The molecule has 0 aliphatic carbocycles. The summed E-state index contributed by atoms with van der Waals surface area (Å²) in [5.74, 6) is -0.306. The average molecular weight is 284 g/mol. The van der Waals surface area contributed by atoms with Gasteiger partial charge in [0.25, 0.3) is 0 Å². The summed E-state index contributed by atoms with van der Waals surface area (Å²) in [6.45, 7) is 1.89. The van der Waals surface area contributed by atoms with Gasteiger partial charge in [-0.05, 0) is 53.9 Å². The molecular weight excluding hydrogens is 272 g/mol. The van der Waals surface area contributed by atoms with Gasteiger partial charge in [-0.25, -0.2) is 4.39 Å². The van der Waals surface area contributed by atoms with Crippen molar-refractivity contribution in [2.24, 2.45) is 5.73 Å². The van der Waals surface area contributed by atoms with Gasteiger partial charge in [-0.2, -0.15) is 0 Å². The Hall–Kier alpha value is -1.09. The molecule has 0 amide bonds. The van der Waals surface area contributed by atoms with E-state index in [-0.39, 0.29) is 5.82 Å². The van der Waals surface area contributed by atoms with Crippen LogP contribution in [0.3, 0.4) is 0 Å². The highest BCUT2D eigenvalue weighted by atomic mass is 35.5. The van der Waals surface area contributed by atoms with E-state index in [4.69, 9.17) is 28.9 Å². The number of nitrogens with two attached hydrogens (primary N) is 1. The second-order valence-electron chi connectivity index (χ2n) is 4.18. The smallest absolute Gasteiger partial charge is 0.123 e. The van der Waals surface area contributed by atoms with Crippen LogP contribution in [-0.4, -0.2) is 0 Å². The molecule has 0 aliphatic rings. The average Bonchev–Trinajstić information content (AvgIpc) is 2.30. The van der Waals surface area contributed by atoms with Crippen LogP contribution in [0.1, 0.15) is 22.7 Å². The Morgan fingerprint density at radius 3 is 2.28 bits per heavy atom. The molecule has 0 bridgehead atoms. The van der Waals surface area contributed by atoms with Gasteiger partial charge in [-0.3, -0.25) is 0 Å². The molecule has 0 fully saturated rings. The molecule has 18 heavy (non-hydrogen) atoms. The highest BCUT2D eigenvalue weighted by Gasteiger charge is 2.13. The minimum absolute atomic E-state index is 0.306. The molecule has 1 nitrogen and oxygen atoms in total. The fourth-order valence-corrected chi connectivity index (χ4v) is 2.42. The third-order valence-corrected chi connectivity index (χ3v) is 3.26. The summed E-state index contributed by atoms with van der Waals surface area (Å²) in [6, 6.07) is 9.22. The normalized spacial score (nSPS) is 12.5. The Labute approximate surface area is 115 Å². The highest BCUT2D eigenvalue weighted by Crippen LogP contribution is 2.28. The van der Waals surface area contributed by atoms with Crippen molar-refractivity contribution < 1.29 is 4.39 Å². The van der Waals surface area contributed by atoms with Gasteiger partial charge in [0.15, 0.2) is 0 Å². The van der Waals surface area contributed by atoms with Gasteiger partial charge in [0.05, 0.1) is 6.04 Å². The van der Waals surface area contributed by atoms with E-state index in [0.29, 0.717) is 10.0 Å². The van der Waals surface area contributed by atoms with Crippen LogP contribution in [0.5, 0.6) is 0 Å². The zero-order valence-corrected chi connectivity index (χ0v) is 11.3. The van der Waals surface area contributed by atoms with Gasteiger partial charge in [0.1, 0.15) is 5.82 Å². The molecule has 4 heteroatoms. The molecular formula is C14H12Cl2FN. The fourth-order valence-electron chi connectivity index (χ4n) is 1.88. The summed E-state index contributed by atoms with van der Waals surface area (Å²) in [5, 5.41) is 1.03. The van der Waals surface area contributed by atoms with Crippen LogP contribution in [0.4, 0.5) is 4.39 Å². The molecule has 94 valence electrons. The van der Waals surface area contributed by atoms with Crippen molar-refractivity contribution in [3.63, 3.8) is 0 Å². The van der Waals surface area contributed by atoms with Gasteiger partial charge < -0.3 is 5.73 Å². The number of rotatable bonds is 2. The zero-order valence-electron chi connectivity index (χ0n) is 9.75. The van der Waals surface area contributed by atoms with Gasteiger partial charge in [0, 0.05) is 10.0 Å². The van der Waals surface area contributed by atoms with Crippen LogP contribution in [0, 0.1) is 12.7 Å². The SMILES string of the molecule is Cc1ccc(F)cc1C(N)c1cc(Cl)cc(Cl)c1. The standard InChI is InChI=1S/C14H12Cl2FN/c1-8-2-3-12(17)7-13(8)14(18)9-4-10(15)6-11(16)5-9/h2-7,14H,18H2,1H3. The monoisotopic (exact) mass is 283 g/mol. The molecule has 2 N–H and O–H groups in total. The van der Waals surface area contributed by atoms with Gasteiger partial charge in [0.2, 0.25) is 0 Å².